The molecule has 1 aliphatic carbocycles. The molecule has 6 nitrogen and oxygen atoms in total. The Morgan fingerprint density at radius 1 is 1.09 bits per heavy atom. The maximum absolute atomic E-state index is 5.48. The minimum atomic E-state index is 0. The number of hydrogen-bond donors (Lipinski definition) is 2. The lowest BCUT2D eigenvalue weighted by Crippen LogP contribution is -2.37. The van der Waals surface area contributed by atoms with Crippen molar-refractivity contribution in [3.63, 3.8) is 0 Å². The van der Waals surface area contributed by atoms with Crippen LogP contribution in [0.25, 0.3) is 0 Å². The zero-order valence-corrected chi connectivity index (χ0v) is 16.5. The molecule has 0 heterocycles. The molecule has 1 saturated carbocycles. The first-order valence-electron chi connectivity index (χ1n) is 7.45. The Bertz CT molecular complexity index is 534. The van der Waals surface area contributed by atoms with E-state index in [1.54, 1.807) is 28.4 Å². The highest BCUT2D eigenvalue weighted by Gasteiger charge is 2.21. The number of aliphatic imine (C=N–C) groups is 1. The van der Waals surface area contributed by atoms with Gasteiger partial charge in [0, 0.05) is 25.7 Å². The molecule has 0 amide bonds. The largest absolute Gasteiger partial charge is 0.493 e. The van der Waals surface area contributed by atoms with E-state index in [0.717, 1.165) is 24.0 Å². The van der Waals surface area contributed by atoms with Gasteiger partial charge >= 0.3 is 0 Å². The third-order valence-electron chi connectivity index (χ3n) is 3.71. The molecular weight excluding hydrogens is 409 g/mol. The van der Waals surface area contributed by atoms with Crippen molar-refractivity contribution in [1.82, 2.24) is 10.6 Å². The summed E-state index contributed by atoms with van der Waals surface area (Å²) in [6, 6.07) is 3.83. The fourth-order valence-corrected chi connectivity index (χ4v) is 2.26. The average molecular weight is 435 g/mol. The highest BCUT2D eigenvalue weighted by Crippen LogP contribution is 2.39. The molecule has 0 radical (unpaired) electrons. The van der Waals surface area contributed by atoms with Gasteiger partial charge in [-0.05, 0) is 30.9 Å². The van der Waals surface area contributed by atoms with Crippen molar-refractivity contribution in [1.29, 1.82) is 0 Å². The number of hydrogen-bond acceptors (Lipinski definition) is 4. The van der Waals surface area contributed by atoms with E-state index in [0.29, 0.717) is 23.8 Å². The molecule has 130 valence electrons. The van der Waals surface area contributed by atoms with Crippen LogP contribution < -0.4 is 24.8 Å². The lowest BCUT2D eigenvalue weighted by molar-refractivity contribution is 0.322. The summed E-state index contributed by atoms with van der Waals surface area (Å²) >= 11 is 0. The Labute approximate surface area is 155 Å². The molecule has 1 aromatic carbocycles. The van der Waals surface area contributed by atoms with Crippen molar-refractivity contribution in [2.75, 3.05) is 34.9 Å². The predicted octanol–water partition coefficient (Wildman–Crippen LogP) is 2.41. The summed E-state index contributed by atoms with van der Waals surface area (Å²) in [5.41, 5.74) is 0.981. The fourth-order valence-electron chi connectivity index (χ4n) is 2.26. The molecule has 0 aromatic heterocycles. The maximum Gasteiger partial charge on any atom is 0.203 e. The molecule has 0 unspecified atom stereocenters. The van der Waals surface area contributed by atoms with Crippen molar-refractivity contribution in [3.8, 4) is 17.2 Å². The average Bonchev–Trinajstić information content (AvgIpc) is 3.38. The summed E-state index contributed by atoms with van der Waals surface area (Å²) in [5, 5.41) is 6.63. The Hall–Kier alpha value is -1.38. The van der Waals surface area contributed by atoms with Gasteiger partial charge in [0.1, 0.15) is 0 Å². The van der Waals surface area contributed by atoms with Gasteiger partial charge in [0.15, 0.2) is 17.5 Å². The van der Waals surface area contributed by atoms with Crippen LogP contribution in [-0.4, -0.2) is 40.9 Å². The van der Waals surface area contributed by atoms with Gasteiger partial charge in [-0.2, -0.15) is 0 Å². The summed E-state index contributed by atoms with van der Waals surface area (Å²) in [7, 11) is 6.61. The standard InChI is InChI=1S/C16H25N3O3.HI/c1-17-16(18-9-11-5-6-11)19-10-12-7-8-13(20-2)15(22-4)14(12)21-3;/h7-8,11H,5-6,9-10H2,1-4H3,(H2,17,18,19);1H. The van der Waals surface area contributed by atoms with Gasteiger partial charge < -0.3 is 24.8 Å². The van der Waals surface area contributed by atoms with Crippen LogP contribution in [-0.2, 0) is 6.54 Å². The smallest absolute Gasteiger partial charge is 0.203 e. The summed E-state index contributed by atoms with van der Waals surface area (Å²) in [6.07, 6.45) is 2.63. The summed E-state index contributed by atoms with van der Waals surface area (Å²) < 4.78 is 16.2. The minimum Gasteiger partial charge on any atom is -0.493 e. The van der Waals surface area contributed by atoms with E-state index in [-0.39, 0.29) is 24.0 Å². The molecule has 0 aliphatic heterocycles. The van der Waals surface area contributed by atoms with Crippen molar-refractivity contribution in [2.24, 2.45) is 10.9 Å². The van der Waals surface area contributed by atoms with E-state index in [1.807, 2.05) is 12.1 Å². The summed E-state index contributed by atoms with van der Waals surface area (Å²) in [5.74, 6) is 3.52. The fraction of sp³-hybridized carbons (Fsp3) is 0.562. The van der Waals surface area contributed by atoms with Crippen LogP contribution in [0.3, 0.4) is 0 Å². The van der Waals surface area contributed by atoms with Crippen LogP contribution in [0.2, 0.25) is 0 Å². The van der Waals surface area contributed by atoms with Crippen LogP contribution in [0.4, 0.5) is 0 Å². The summed E-state index contributed by atoms with van der Waals surface area (Å²) in [4.78, 5) is 4.23. The number of guanidine groups is 1. The van der Waals surface area contributed by atoms with E-state index in [2.05, 4.69) is 15.6 Å². The molecule has 0 saturated heterocycles. The van der Waals surface area contributed by atoms with Gasteiger partial charge in [0.2, 0.25) is 5.75 Å². The Morgan fingerprint density at radius 2 is 1.78 bits per heavy atom. The Morgan fingerprint density at radius 3 is 2.30 bits per heavy atom. The number of nitrogens with zero attached hydrogens (tertiary/aromatic N) is 1. The molecule has 2 rings (SSSR count). The number of benzene rings is 1. The van der Waals surface area contributed by atoms with Crippen LogP contribution in [0, 0.1) is 5.92 Å². The second kappa shape index (κ2) is 9.69. The molecule has 23 heavy (non-hydrogen) atoms. The summed E-state index contributed by atoms with van der Waals surface area (Å²) in [6.45, 7) is 1.57. The molecule has 0 atom stereocenters. The SMILES string of the molecule is CN=C(NCc1ccc(OC)c(OC)c1OC)NCC1CC1.I. The molecule has 1 aromatic rings. The Balaban J connectivity index is 0.00000264. The highest BCUT2D eigenvalue weighted by atomic mass is 127. The van der Waals surface area contributed by atoms with Crippen molar-refractivity contribution in [3.05, 3.63) is 17.7 Å². The quantitative estimate of drug-likeness (QED) is 0.391. The number of halogens is 1. The minimum absolute atomic E-state index is 0. The van der Waals surface area contributed by atoms with Gasteiger partial charge in [-0.15, -0.1) is 24.0 Å². The van der Waals surface area contributed by atoms with E-state index >= 15 is 0 Å². The van der Waals surface area contributed by atoms with Gasteiger partial charge in [-0.1, -0.05) is 0 Å². The zero-order valence-electron chi connectivity index (χ0n) is 14.1. The molecule has 7 heteroatoms. The van der Waals surface area contributed by atoms with E-state index in [9.17, 15) is 0 Å². The topological polar surface area (TPSA) is 64.1 Å². The van der Waals surface area contributed by atoms with Crippen LogP contribution in [0.5, 0.6) is 17.2 Å². The third kappa shape index (κ3) is 5.33. The number of methoxy groups -OCH3 is 3. The number of nitrogens with one attached hydrogen (secondary N) is 2. The van der Waals surface area contributed by atoms with E-state index in [1.165, 1.54) is 12.8 Å². The van der Waals surface area contributed by atoms with Gasteiger partial charge in [-0.3, -0.25) is 4.99 Å². The lowest BCUT2D eigenvalue weighted by atomic mass is 10.1. The first-order chi connectivity index (χ1) is 10.7. The van der Waals surface area contributed by atoms with Crippen LogP contribution >= 0.6 is 24.0 Å². The maximum atomic E-state index is 5.48. The molecule has 0 bridgehead atoms. The first kappa shape index (κ1) is 19.7. The van der Waals surface area contributed by atoms with Gasteiger partial charge in [0.05, 0.1) is 21.3 Å². The monoisotopic (exact) mass is 435 g/mol. The van der Waals surface area contributed by atoms with Gasteiger partial charge in [0.25, 0.3) is 0 Å². The second-order valence-corrected chi connectivity index (χ2v) is 5.24. The highest BCUT2D eigenvalue weighted by molar-refractivity contribution is 14.0. The number of ether oxygens (including phenoxy) is 3. The van der Waals surface area contributed by atoms with Crippen molar-refractivity contribution < 1.29 is 14.2 Å². The Kier molecular flexibility index (Phi) is 8.29. The zero-order chi connectivity index (χ0) is 15.9. The second-order valence-electron chi connectivity index (χ2n) is 5.24. The van der Waals surface area contributed by atoms with Crippen LogP contribution in [0.1, 0.15) is 18.4 Å². The predicted molar refractivity (Wildman–Crippen MR) is 102 cm³/mol. The molecule has 2 N–H and O–H groups in total. The molecule has 1 fully saturated rings. The van der Waals surface area contributed by atoms with Gasteiger partial charge in [-0.25, -0.2) is 0 Å². The number of rotatable bonds is 7. The van der Waals surface area contributed by atoms with Crippen molar-refractivity contribution >= 4 is 29.9 Å². The molecule has 1 aliphatic rings. The van der Waals surface area contributed by atoms with E-state index in [4.69, 9.17) is 14.2 Å². The van der Waals surface area contributed by atoms with Crippen LogP contribution in [0.15, 0.2) is 17.1 Å². The molecule has 0 spiro atoms. The van der Waals surface area contributed by atoms with E-state index < -0.39 is 0 Å². The first-order valence-corrected chi connectivity index (χ1v) is 7.45. The lowest BCUT2D eigenvalue weighted by Gasteiger charge is -2.17. The normalized spacial score (nSPS) is 13.8. The molecular formula is C16H26IN3O3. The third-order valence-corrected chi connectivity index (χ3v) is 3.71. The van der Waals surface area contributed by atoms with Crippen molar-refractivity contribution in [2.45, 2.75) is 19.4 Å².